The molecule has 1 aromatic carbocycles. The molecule has 6 nitrogen and oxygen atoms in total. The molecule has 0 aliphatic rings. The van der Waals surface area contributed by atoms with Crippen LogP contribution in [0.3, 0.4) is 0 Å². The van der Waals surface area contributed by atoms with Crippen molar-refractivity contribution >= 4 is 43.5 Å². The van der Waals surface area contributed by atoms with Crippen LogP contribution < -0.4 is 14.8 Å². The van der Waals surface area contributed by atoms with Crippen molar-refractivity contribution in [2.24, 2.45) is 0 Å². The van der Waals surface area contributed by atoms with Gasteiger partial charge in [-0.2, -0.15) is 0 Å². The first kappa shape index (κ1) is 18.8. The van der Waals surface area contributed by atoms with Gasteiger partial charge in [-0.3, -0.25) is 0 Å². The lowest BCUT2D eigenvalue weighted by molar-refractivity contribution is 0.415. The summed E-state index contributed by atoms with van der Waals surface area (Å²) >= 11 is 3.16. The Bertz CT molecular complexity index is 980. The average molecular weight is 410 g/mol. The number of aromatic nitrogens is 1. The van der Waals surface area contributed by atoms with Gasteiger partial charge in [-0.15, -0.1) is 22.7 Å². The Labute approximate surface area is 160 Å². The zero-order valence-electron chi connectivity index (χ0n) is 14.4. The highest BCUT2D eigenvalue weighted by atomic mass is 32.2. The number of thiophene rings is 1. The Morgan fingerprint density at radius 1 is 1.23 bits per heavy atom. The molecule has 0 fully saturated rings. The van der Waals surface area contributed by atoms with Crippen LogP contribution in [0.15, 0.2) is 41.8 Å². The van der Waals surface area contributed by atoms with Crippen molar-refractivity contribution in [3.8, 4) is 16.3 Å². The molecule has 138 valence electrons. The van der Waals surface area contributed by atoms with Gasteiger partial charge in [0.15, 0.2) is 5.13 Å². The summed E-state index contributed by atoms with van der Waals surface area (Å²) in [6, 6.07) is 11.7. The van der Waals surface area contributed by atoms with Gasteiger partial charge in [-0.1, -0.05) is 6.07 Å². The summed E-state index contributed by atoms with van der Waals surface area (Å²) in [6.07, 6.45) is 1.83. The minimum absolute atomic E-state index is 0.401. The zero-order chi connectivity index (χ0) is 18.6. The molecule has 0 atom stereocenters. The van der Waals surface area contributed by atoms with Crippen LogP contribution in [0.25, 0.3) is 10.6 Å². The molecule has 9 heteroatoms. The van der Waals surface area contributed by atoms with E-state index in [4.69, 9.17) is 4.74 Å². The number of nitrogens with one attached hydrogen (secondary N) is 2. The molecule has 0 saturated carbocycles. The number of thiazole rings is 1. The number of anilines is 2. The van der Waals surface area contributed by atoms with Crippen molar-refractivity contribution in [1.29, 1.82) is 0 Å². The molecular weight excluding hydrogens is 390 g/mol. The molecular formula is C17H19N3O3S3. The van der Waals surface area contributed by atoms with Gasteiger partial charge < -0.3 is 10.1 Å². The molecule has 3 aromatic rings. The number of methoxy groups -OCH3 is 1. The molecule has 0 saturated heterocycles. The molecule has 0 radical (unpaired) electrons. The molecule has 0 spiro atoms. The van der Waals surface area contributed by atoms with E-state index in [1.165, 1.54) is 17.6 Å². The second kappa shape index (κ2) is 8.17. The summed E-state index contributed by atoms with van der Waals surface area (Å²) < 4.78 is 30.0. The first-order valence-electron chi connectivity index (χ1n) is 7.83. The SMILES string of the molecule is COc1cccc(Nc2nc(-c3ccc(CCNS(C)(=O)=O)s3)cs2)c1. The van der Waals surface area contributed by atoms with Gasteiger partial charge in [0.05, 0.1) is 23.9 Å². The lowest BCUT2D eigenvalue weighted by Crippen LogP contribution is -2.23. The number of hydrogen-bond donors (Lipinski definition) is 2. The van der Waals surface area contributed by atoms with Gasteiger partial charge in [0.1, 0.15) is 5.75 Å². The number of sulfonamides is 1. The highest BCUT2D eigenvalue weighted by Gasteiger charge is 2.09. The Hall–Kier alpha value is -1.94. The van der Waals surface area contributed by atoms with Gasteiger partial charge in [-0.25, -0.2) is 18.1 Å². The van der Waals surface area contributed by atoms with Crippen LogP contribution >= 0.6 is 22.7 Å². The number of benzene rings is 1. The van der Waals surface area contributed by atoms with Crippen LogP contribution in [0, 0.1) is 0 Å². The van der Waals surface area contributed by atoms with Crippen LogP contribution in [0.5, 0.6) is 5.75 Å². The third-order valence-electron chi connectivity index (χ3n) is 3.47. The van der Waals surface area contributed by atoms with Crippen molar-refractivity contribution in [2.45, 2.75) is 6.42 Å². The summed E-state index contributed by atoms with van der Waals surface area (Å²) in [5.74, 6) is 0.789. The zero-order valence-corrected chi connectivity index (χ0v) is 16.8. The molecule has 2 heterocycles. The summed E-state index contributed by atoms with van der Waals surface area (Å²) in [6.45, 7) is 0.401. The fourth-order valence-corrected chi connectivity index (χ4v) is 4.52. The standard InChI is InChI=1S/C17H19N3O3S3/c1-23-13-5-3-4-12(10-13)19-17-20-15(11-24-17)16-7-6-14(25-16)8-9-18-26(2,21)22/h3-7,10-11,18H,8-9H2,1-2H3,(H,19,20). The molecule has 0 amide bonds. The molecule has 0 aliphatic heterocycles. The number of rotatable bonds is 8. The summed E-state index contributed by atoms with van der Waals surface area (Å²) in [4.78, 5) is 6.81. The van der Waals surface area contributed by atoms with E-state index in [1.54, 1.807) is 18.4 Å². The topological polar surface area (TPSA) is 80.3 Å². The number of hydrogen-bond acceptors (Lipinski definition) is 7. The maximum absolute atomic E-state index is 11.1. The molecule has 2 N–H and O–H groups in total. The predicted molar refractivity (Wildman–Crippen MR) is 108 cm³/mol. The van der Waals surface area contributed by atoms with Crippen molar-refractivity contribution in [3.05, 3.63) is 46.7 Å². The highest BCUT2D eigenvalue weighted by Crippen LogP contribution is 2.32. The third kappa shape index (κ3) is 5.28. The Kier molecular flexibility index (Phi) is 5.92. The number of ether oxygens (including phenoxy) is 1. The Morgan fingerprint density at radius 3 is 2.85 bits per heavy atom. The van der Waals surface area contributed by atoms with Crippen LogP contribution in [0.2, 0.25) is 0 Å². The maximum atomic E-state index is 11.1. The van der Waals surface area contributed by atoms with E-state index in [1.807, 2.05) is 41.8 Å². The fraction of sp³-hybridized carbons (Fsp3) is 0.235. The van der Waals surface area contributed by atoms with E-state index in [2.05, 4.69) is 15.0 Å². The first-order chi connectivity index (χ1) is 12.4. The van der Waals surface area contributed by atoms with Crippen molar-refractivity contribution < 1.29 is 13.2 Å². The smallest absolute Gasteiger partial charge is 0.208 e. The van der Waals surface area contributed by atoms with Gasteiger partial charge in [-0.05, 0) is 30.7 Å². The fourth-order valence-electron chi connectivity index (χ4n) is 2.28. The van der Waals surface area contributed by atoms with Crippen LogP contribution in [0.1, 0.15) is 4.88 Å². The van der Waals surface area contributed by atoms with E-state index in [0.29, 0.717) is 13.0 Å². The quantitative estimate of drug-likeness (QED) is 0.593. The second-order valence-corrected chi connectivity index (χ2v) is 9.44. The van der Waals surface area contributed by atoms with E-state index in [-0.39, 0.29) is 0 Å². The van der Waals surface area contributed by atoms with Gasteiger partial charge >= 0.3 is 0 Å². The normalized spacial score (nSPS) is 11.5. The van der Waals surface area contributed by atoms with E-state index < -0.39 is 10.0 Å². The second-order valence-electron chi connectivity index (χ2n) is 5.58. The molecule has 26 heavy (non-hydrogen) atoms. The highest BCUT2D eigenvalue weighted by molar-refractivity contribution is 7.88. The summed E-state index contributed by atoms with van der Waals surface area (Å²) in [7, 11) is -1.51. The van der Waals surface area contributed by atoms with Crippen molar-refractivity contribution in [1.82, 2.24) is 9.71 Å². The van der Waals surface area contributed by atoms with E-state index in [9.17, 15) is 8.42 Å². The summed E-state index contributed by atoms with van der Waals surface area (Å²) in [5.41, 5.74) is 1.83. The molecule has 0 bridgehead atoms. The maximum Gasteiger partial charge on any atom is 0.208 e. The number of nitrogens with zero attached hydrogens (tertiary/aromatic N) is 1. The van der Waals surface area contributed by atoms with Crippen molar-refractivity contribution in [3.63, 3.8) is 0 Å². The van der Waals surface area contributed by atoms with Crippen LogP contribution in [0.4, 0.5) is 10.8 Å². The predicted octanol–water partition coefficient (Wildman–Crippen LogP) is 3.72. The van der Waals surface area contributed by atoms with E-state index in [0.717, 1.165) is 32.0 Å². The third-order valence-corrected chi connectivity index (χ3v) is 6.13. The largest absolute Gasteiger partial charge is 0.497 e. The lowest BCUT2D eigenvalue weighted by atomic mass is 10.3. The lowest BCUT2D eigenvalue weighted by Gasteiger charge is -2.04. The van der Waals surface area contributed by atoms with Gasteiger partial charge in [0.25, 0.3) is 0 Å². The molecule has 0 aliphatic carbocycles. The first-order valence-corrected chi connectivity index (χ1v) is 11.4. The Morgan fingerprint density at radius 2 is 2.08 bits per heavy atom. The molecule has 3 rings (SSSR count). The Balaban J connectivity index is 1.64. The van der Waals surface area contributed by atoms with Crippen molar-refractivity contribution in [2.75, 3.05) is 25.2 Å². The summed E-state index contributed by atoms with van der Waals surface area (Å²) in [5, 5.41) is 6.10. The molecule has 2 aromatic heterocycles. The minimum Gasteiger partial charge on any atom is -0.497 e. The monoisotopic (exact) mass is 409 g/mol. The van der Waals surface area contributed by atoms with Gasteiger partial charge in [0, 0.05) is 28.6 Å². The van der Waals surface area contributed by atoms with Crippen LogP contribution in [-0.2, 0) is 16.4 Å². The van der Waals surface area contributed by atoms with Crippen LogP contribution in [-0.4, -0.2) is 33.3 Å². The molecule has 0 unspecified atom stereocenters. The van der Waals surface area contributed by atoms with E-state index >= 15 is 0 Å². The minimum atomic E-state index is -3.14. The average Bonchev–Trinajstić information content (AvgIpc) is 3.23. The van der Waals surface area contributed by atoms with Gasteiger partial charge in [0.2, 0.25) is 10.0 Å².